The van der Waals surface area contributed by atoms with Gasteiger partial charge < -0.3 is 15.2 Å². The first-order chi connectivity index (χ1) is 9.65. The van der Waals surface area contributed by atoms with Crippen LogP contribution >= 0.6 is 0 Å². The lowest BCUT2D eigenvalue weighted by Gasteiger charge is -2.10. The Balaban J connectivity index is 1.73. The number of hydrogen-bond donors (Lipinski definition) is 2. The number of carbonyl (C=O) groups is 1. The van der Waals surface area contributed by atoms with Gasteiger partial charge in [0.2, 0.25) is 0 Å². The van der Waals surface area contributed by atoms with Gasteiger partial charge in [-0.25, -0.2) is 14.2 Å². The van der Waals surface area contributed by atoms with Gasteiger partial charge in [0.25, 0.3) is 0 Å². The van der Waals surface area contributed by atoms with Gasteiger partial charge in [-0.2, -0.15) is 0 Å². The highest BCUT2D eigenvalue weighted by atomic mass is 19.1. The first kappa shape index (κ1) is 14.0. The first-order valence-electron chi connectivity index (χ1n) is 6.42. The Morgan fingerprint density at radius 1 is 1.45 bits per heavy atom. The van der Waals surface area contributed by atoms with Crippen molar-refractivity contribution < 1.29 is 9.18 Å². The number of nitrogens with zero attached hydrogens (tertiary/aromatic N) is 2. The normalized spacial score (nSPS) is 10.3. The summed E-state index contributed by atoms with van der Waals surface area (Å²) in [6, 6.07) is 3.97. The highest BCUT2D eigenvalue weighted by Crippen LogP contribution is 2.15. The molecule has 0 unspecified atom stereocenters. The number of aromatic nitrogens is 2. The third-order valence-corrected chi connectivity index (χ3v) is 2.89. The zero-order chi connectivity index (χ0) is 14.4. The van der Waals surface area contributed by atoms with Crippen molar-refractivity contribution in [3.63, 3.8) is 0 Å². The molecule has 0 fully saturated rings. The second-order valence-corrected chi connectivity index (χ2v) is 4.49. The summed E-state index contributed by atoms with van der Waals surface area (Å²) in [7, 11) is 0. The number of nitrogens with one attached hydrogen (secondary N) is 2. The molecule has 1 aromatic carbocycles. The monoisotopic (exact) mass is 276 g/mol. The quantitative estimate of drug-likeness (QED) is 0.824. The van der Waals surface area contributed by atoms with Crippen molar-refractivity contribution in [1.29, 1.82) is 0 Å². The topological polar surface area (TPSA) is 59.0 Å². The molecule has 0 spiro atoms. The smallest absolute Gasteiger partial charge is 0.319 e. The molecule has 1 heterocycles. The van der Waals surface area contributed by atoms with E-state index in [0.717, 1.165) is 18.5 Å². The number of anilines is 1. The van der Waals surface area contributed by atoms with Crippen molar-refractivity contribution in [2.24, 2.45) is 0 Å². The fourth-order valence-electron chi connectivity index (χ4n) is 1.78. The van der Waals surface area contributed by atoms with E-state index in [1.807, 2.05) is 17.7 Å². The molecule has 0 atom stereocenters. The van der Waals surface area contributed by atoms with E-state index in [1.54, 1.807) is 18.6 Å². The maximum absolute atomic E-state index is 13.1. The van der Waals surface area contributed by atoms with E-state index < -0.39 is 0 Å². The standard InChI is InChI=1S/C14H17FN4O/c1-11-3-4-12(15)9-13(11)18-14(20)17-5-2-7-19-8-6-16-10-19/h3-4,6,8-10H,2,5,7H2,1H3,(H2,17,18,20). The van der Waals surface area contributed by atoms with Gasteiger partial charge >= 0.3 is 6.03 Å². The van der Waals surface area contributed by atoms with E-state index in [2.05, 4.69) is 15.6 Å². The molecule has 0 aliphatic rings. The summed E-state index contributed by atoms with van der Waals surface area (Å²) >= 11 is 0. The minimum Gasteiger partial charge on any atom is -0.338 e. The van der Waals surface area contributed by atoms with Crippen LogP contribution < -0.4 is 10.6 Å². The minimum atomic E-state index is -0.369. The average molecular weight is 276 g/mol. The summed E-state index contributed by atoms with van der Waals surface area (Å²) < 4.78 is 15.0. The number of rotatable bonds is 5. The summed E-state index contributed by atoms with van der Waals surface area (Å²) in [5.41, 5.74) is 1.30. The lowest BCUT2D eigenvalue weighted by atomic mass is 10.2. The molecular weight excluding hydrogens is 259 g/mol. The maximum atomic E-state index is 13.1. The third-order valence-electron chi connectivity index (χ3n) is 2.89. The van der Waals surface area contributed by atoms with Crippen molar-refractivity contribution in [2.75, 3.05) is 11.9 Å². The molecule has 1 aromatic heterocycles. The minimum absolute atomic E-state index is 0.329. The molecular formula is C14H17FN4O. The van der Waals surface area contributed by atoms with Crippen LogP contribution in [-0.2, 0) is 6.54 Å². The molecule has 0 saturated heterocycles. The van der Waals surface area contributed by atoms with Crippen molar-refractivity contribution in [3.05, 3.63) is 48.3 Å². The second-order valence-electron chi connectivity index (χ2n) is 4.49. The van der Waals surface area contributed by atoms with Crippen molar-refractivity contribution in [3.8, 4) is 0 Å². The summed E-state index contributed by atoms with van der Waals surface area (Å²) in [6.45, 7) is 3.14. The van der Waals surface area contributed by atoms with Gasteiger partial charge in [-0.1, -0.05) is 6.07 Å². The highest BCUT2D eigenvalue weighted by molar-refractivity contribution is 5.89. The fraction of sp³-hybridized carbons (Fsp3) is 0.286. The number of hydrogen-bond acceptors (Lipinski definition) is 2. The SMILES string of the molecule is Cc1ccc(F)cc1NC(=O)NCCCn1ccnc1. The summed E-state index contributed by atoms with van der Waals surface area (Å²) in [5, 5.41) is 5.37. The summed E-state index contributed by atoms with van der Waals surface area (Å²) in [4.78, 5) is 15.6. The average Bonchev–Trinajstić information content (AvgIpc) is 2.92. The van der Waals surface area contributed by atoms with Crippen LogP contribution in [0.2, 0.25) is 0 Å². The predicted molar refractivity (Wildman–Crippen MR) is 75.0 cm³/mol. The van der Waals surface area contributed by atoms with Gasteiger partial charge in [-0.05, 0) is 31.0 Å². The number of carbonyl (C=O) groups excluding carboxylic acids is 1. The summed E-state index contributed by atoms with van der Waals surface area (Å²) in [5.74, 6) is -0.369. The third kappa shape index (κ3) is 4.08. The molecule has 0 aliphatic heterocycles. The van der Waals surface area contributed by atoms with E-state index in [-0.39, 0.29) is 11.8 Å². The van der Waals surface area contributed by atoms with Crippen LogP contribution in [0.25, 0.3) is 0 Å². The first-order valence-corrected chi connectivity index (χ1v) is 6.42. The molecule has 2 rings (SSSR count). The van der Waals surface area contributed by atoms with Crippen LogP contribution in [-0.4, -0.2) is 22.1 Å². The Morgan fingerprint density at radius 3 is 3.05 bits per heavy atom. The molecule has 2 amide bonds. The lowest BCUT2D eigenvalue weighted by molar-refractivity contribution is 0.252. The highest BCUT2D eigenvalue weighted by Gasteiger charge is 2.05. The predicted octanol–water partition coefficient (Wildman–Crippen LogP) is 2.54. The molecule has 0 saturated carbocycles. The number of imidazole rings is 1. The number of urea groups is 1. The van der Waals surface area contributed by atoms with Crippen molar-refractivity contribution in [1.82, 2.24) is 14.9 Å². The van der Waals surface area contributed by atoms with E-state index in [0.29, 0.717) is 12.2 Å². The largest absolute Gasteiger partial charge is 0.338 e. The number of amides is 2. The van der Waals surface area contributed by atoms with E-state index in [1.165, 1.54) is 12.1 Å². The van der Waals surface area contributed by atoms with Crippen molar-refractivity contribution in [2.45, 2.75) is 19.9 Å². The van der Waals surface area contributed by atoms with Gasteiger partial charge in [0.1, 0.15) is 5.82 Å². The lowest BCUT2D eigenvalue weighted by Crippen LogP contribution is -2.30. The van der Waals surface area contributed by atoms with Crippen LogP contribution in [0.15, 0.2) is 36.9 Å². The zero-order valence-corrected chi connectivity index (χ0v) is 11.3. The van der Waals surface area contributed by atoms with E-state index in [4.69, 9.17) is 0 Å². The Kier molecular flexibility index (Phi) is 4.70. The Morgan fingerprint density at radius 2 is 2.30 bits per heavy atom. The number of aryl methyl sites for hydroxylation is 2. The molecule has 2 N–H and O–H groups in total. The second kappa shape index (κ2) is 6.70. The van der Waals surface area contributed by atoms with E-state index in [9.17, 15) is 9.18 Å². The van der Waals surface area contributed by atoms with Crippen molar-refractivity contribution >= 4 is 11.7 Å². The van der Waals surface area contributed by atoms with Gasteiger partial charge in [0.05, 0.1) is 6.33 Å². The Bertz CT molecular complexity index is 569. The van der Waals surface area contributed by atoms with Crippen LogP contribution in [0.3, 0.4) is 0 Å². The number of benzene rings is 1. The molecule has 0 bridgehead atoms. The van der Waals surface area contributed by atoms with Gasteiger partial charge in [0.15, 0.2) is 0 Å². The summed E-state index contributed by atoms with van der Waals surface area (Å²) in [6.07, 6.45) is 6.12. The van der Waals surface area contributed by atoms with Crippen LogP contribution in [0.5, 0.6) is 0 Å². The molecule has 0 radical (unpaired) electrons. The molecule has 0 aliphatic carbocycles. The zero-order valence-electron chi connectivity index (χ0n) is 11.3. The number of halogens is 1. The van der Waals surface area contributed by atoms with Crippen LogP contribution in [0.1, 0.15) is 12.0 Å². The molecule has 106 valence electrons. The fourth-order valence-corrected chi connectivity index (χ4v) is 1.78. The Labute approximate surface area is 116 Å². The molecule has 20 heavy (non-hydrogen) atoms. The van der Waals surface area contributed by atoms with Gasteiger partial charge in [-0.15, -0.1) is 0 Å². The maximum Gasteiger partial charge on any atom is 0.319 e. The van der Waals surface area contributed by atoms with Crippen LogP contribution in [0, 0.1) is 12.7 Å². The molecule has 6 heteroatoms. The van der Waals surface area contributed by atoms with Gasteiger partial charge in [-0.3, -0.25) is 0 Å². The molecule has 5 nitrogen and oxygen atoms in total. The van der Waals surface area contributed by atoms with Gasteiger partial charge in [0, 0.05) is 31.2 Å². The van der Waals surface area contributed by atoms with E-state index >= 15 is 0 Å². The Hall–Kier alpha value is -2.37. The van der Waals surface area contributed by atoms with Crippen LogP contribution in [0.4, 0.5) is 14.9 Å². The molecule has 2 aromatic rings.